The van der Waals surface area contributed by atoms with Crippen molar-refractivity contribution in [2.75, 3.05) is 17.3 Å². The molecule has 2 amide bonds. The molecular weight excluding hydrogens is 509 g/mol. The van der Waals surface area contributed by atoms with Crippen LogP contribution in [0.3, 0.4) is 0 Å². The van der Waals surface area contributed by atoms with Gasteiger partial charge in [0.1, 0.15) is 17.6 Å². The van der Waals surface area contributed by atoms with Gasteiger partial charge in [0.05, 0.1) is 12.2 Å². The lowest BCUT2D eigenvalue weighted by Gasteiger charge is -2.27. The molecule has 5 rings (SSSR count). The van der Waals surface area contributed by atoms with Crippen LogP contribution in [0.5, 0.6) is 0 Å². The number of amides is 2. The Balaban J connectivity index is 1.36. The summed E-state index contributed by atoms with van der Waals surface area (Å²) >= 11 is 0. The summed E-state index contributed by atoms with van der Waals surface area (Å²) in [7, 11) is -1.03. The topological polar surface area (TPSA) is 135 Å². The lowest BCUT2D eigenvalue weighted by atomic mass is 9.88. The fourth-order valence-corrected chi connectivity index (χ4v) is 5.63. The fraction of sp³-hybridized carbons (Fsp3) is 0.500. The molecule has 1 unspecified atom stereocenters. The number of carbonyl (C=O) groups is 2. The highest BCUT2D eigenvalue weighted by Crippen LogP contribution is 2.51. The van der Waals surface area contributed by atoms with Crippen LogP contribution < -0.4 is 10.6 Å². The molecular formula is C26H32FN7O3S. The predicted molar refractivity (Wildman–Crippen MR) is 141 cm³/mol. The second-order valence-corrected chi connectivity index (χ2v) is 11.8. The quantitative estimate of drug-likeness (QED) is 0.320. The molecule has 2 aliphatic rings. The van der Waals surface area contributed by atoms with Crippen molar-refractivity contribution in [2.45, 2.75) is 52.1 Å². The Hall–Kier alpha value is -3.41. The number of nitrogens with one attached hydrogen (secondary N) is 3. The van der Waals surface area contributed by atoms with E-state index in [0.29, 0.717) is 46.6 Å². The smallest absolute Gasteiger partial charge is 0.270 e. The Morgan fingerprint density at radius 3 is 2.47 bits per heavy atom. The van der Waals surface area contributed by atoms with E-state index >= 15 is 4.39 Å². The van der Waals surface area contributed by atoms with E-state index < -0.39 is 34.6 Å². The van der Waals surface area contributed by atoms with Gasteiger partial charge in [0.2, 0.25) is 11.9 Å². The molecule has 3 aromatic rings. The van der Waals surface area contributed by atoms with E-state index in [2.05, 4.69) is 30.9 Å². The van der Waals surface area contributed by atoms with Crippen molar-refractivity contribution >= 4 is 28.4 Å². The molecule has 38 heavy (non-hydrogen) atoms. The highest BCUT2D eigenvalue weighted by molar-refractivity contribution is 7.84. The van der Waals surface area contributed by atoms with Crippen molar-refractivity contribution in [3.63, 3.8) is 0 Å². The van der Waals surface area contributed by atoms with Gasteiger partial charge in [0.25, 0.3) is 5.91 Å². The van der Waals surface area contributed by atoms with E-state index in [1.165, 1.54) is 10.9 Å². The van der Waals surface area contributed by atoms with Gasteiger partial charge in [-0.15, -0.1) is 0 Å². The number of hydrogen-bond acceptors (Lipinski definition) is 6. The number of carbonyl (C=O) groups excluding carboxylic acids is 2. The number of H-pyrrole nitrogens is 1. The zero-order valence-corrected chi connectivity index (χ0v) is 22.5. The van der Waals surface area contributed by atoms with E-state index in [-0.39, 0.29) is 11.7 Å². The Morgan fingerprint density at radius 2 is 1.89 bits per heavy atom. The van der Waals surface area contributed by atoms with E-state index in [9.17, 15) is 13.8 Å². The Morgan fingerprint density at radius 1 is 1.18 bits per heavy atom. The molecule has 0 bridgehead atoms. The number of nitrogens with zero attached hydrogens (tertiary/aromatic N) is 4. The number of halogens is 1. The standard InChI is InChI=1S/C26H32FN7O3S/c1-14-21(15(2)33-32-14)18-8-9-20(29-24(18)27)30-26(36)23(22(16-4-5-16)17-6-7-17)31-25(35)19-10-11-28-34(19)12-13-38(3)37/h8-11,16-17,22-23H,4-7,12-13H2,1-3H3,(H,31,35)(H,32,33)(H,29,30,36)/t23-,38?/m0/s1. The molecule has 3 aromatic heterocycles. The molecule has 2 saturated carbocycles. The third kappa shape index (κ3) is 5.69. The molecule has 0 saturated heterocycles. The second kappa shape index (κ2) is 10.8. The molecule has 202 valence electrons. The van der Waals surface area contributed by atoms with Crippen LogP contribution in [-0.2, 0) is 22.1 Å². The largest absolute Gasteiger partial charge is 0.339 e. The van der Waals surface area contributed by atoms with Crippen LogP contribution in [-0.4, -0.2) is 59.0 Å². The minimum atomic E-state index is -1.03. The van der Waals surface area contributed by atoms with Crippen molar-refractivity contribution in [3.8, 4) is 11.1 Å². The van der Waals surface area contributed by atoms with Crippen molar-refractivity contribution < 1.29 is 18.2 Å². The number of aromatic nitrogens is 5. The summed E-state index contributed by atoms with van der Waals surface area (Å²) in [6, 6.07) is 3.92. The molecule has 2 fully saturated rings. The van der Waals surface area contributed by atoms with Crippen molar-refractivity contribution in [2.24, 2.45) is 17.8 Å². The summed E-state index contributed by atoms with van der Waals surface area (Å²) in [6.07, 6.45) is 7.19. The van der Waals surface area contributed by atoms with Crippen LogP contribution in [0.4, 0.5) is 10.2 Å². The van der Waals surface area contributed by atoms with Gasteiger partial charge in [0.15, 0.2) is 0 Å². The highest BCUT2D eigenvalue weighted by atomic mass is 32.2. The summed E-state index contributed by atoms with van der Waals surface area (Å²) in [4.78, 5) is 30.9. The monoisotopic (exact) mass is 541 g/mol. The molecule has 2 aliphatic carbocycles. The molecule has 12 heteroatoms. The second-order valence-electron chi connectivity index (χ2n) is 10.3. The van der Waals surface area contributed by atoms with Crippen LogP contribution in [0.1, 0.15) is 47.6 Å². The molecule has 10 nitrogen and oxygen atoms in total. The third-order valence-electron chi connectivity index (χ3n) is 7.32. The van der Waals surface area contributed by atoms with Crippen LogP contribution >= 0.6 is 0 Å². The summed E-state index contributed by atoms with van der Waals surface area (Å²) in [6.45, 7) is 3.92. The summed E-state index contributed by atoms with van der Waals surface area (Å²) in [5.41, 5.74) is 2.63. The predicted octanol–water partition coefficient (Wildman–Crippen LogP) is 2.98. The highest BCUT2D eigenvalue weighted by Gasteiger charge is 2.48. The third-order valence-corrected chi connectivity index (χ3v) is 8.08. The van der Waals surface area contributed by atoms with E-state index in [0.717, 1.165) is 31.4 Å². The van der Waals surface area contributed by atoms with Gasteiger partial charge in [-0.1, -0.05) is 0 Å². The van der Waals surface area contributed by atoms with Crippen molar-refractivity contribution in [1.82, 2.24) is 30.3 Å². The summed E-state index contributed by atoms with van der Waals surface area (Å²) in [5, 5.41) is 16.8. The van der Waals surface area contributed by atoms with Gasteiger partial charge in [0, 0.05) is 45.8 Å². The molecule has 0 radical (unpaired) electrons. The van der Waals surface area contributed by atoms with Gasteiger partial charge >= 0.3 is 0 Å². The molecule has 0 spiro atoms. The summed E-state index contributed by atoms with van der Waals surface area (Å²) < 4.78 is 28.1. The van der Waals surface area contributed by atoms with Crippen LogP contribution in [0, 0.1) is 37.5 Å². The van der Waals surface area contributed by atoms with Crippen LogP contribution in [0.25, 0.3) is 11.1 Å². The number of aromatic amines is 1. The summed E-state index contributed by atoms with van der Waals surface area (Å²) in [5.74, 6) is -0.378. The number of aryl methyl sites for hydroxylation is 3. The van der Waals surface area contributed by atoms with Crippen molar-refractivity contribution in [1.29, 1.82) is 0 Å². The van der Waals surface area contributed by atoms with Gasteiger partial charge in [-0.2, -0.15) is 14.6 Å². The van der Waals surface area contributed by atoms with Crippen LogP contribution in [0.2, 0.25) is 0 Å². The molecule has 3 N–H and O–H groups in total. The maximum Gasteiger partial charge on any atom is 0.270 e. The first-order valence-corrected chi connectivity index (χ1v) is 14.6. The molecule has 2 atom stereocenters. The number of hydrogen-bond donors (Lipinski definition) is 3. The van der Waals surface area contributed by atoms with Gasteiger partial charge < -0.3 is 10.6 Å². The SMILES string of the molecule is Cc1n[nH]c(C)c1-c1ccc(NC(=O)[C@@H](NC(=O)c2ccnn2CCS(C)=O)C(C2CC2)C2CC2)nc1F. The lowest BCUT2D eigenvalue weighted by Crippen LogP contribution is -2.50. The first-order valence-electron chi connectivity index (χ1n) is 12.8. The van der Waals surface area contributed by atoms with Gasteiger partial charge in [-0.25, -0.2) is 4.98 Å². The zero-order valence-electron chi connectivity index (χ0n) is 21.7. The number of pyridine rings is 1. The first kappa shape index (κ1) is 26.2. The minimum Gasteiger partial charge on any atom is -0.339 e. The Labute approximate surface area is 222 Å². The molecule has 3 heterocycles. The van der Waals surface area contributed by atoms with E-state index in [4.69, 9.17) is 0 Å². The first-order chi connectivity index (χ1) is 18.2. The zero-order chi connectivity index (χ0) is 27.0. The lowest BCUT2D eigenvalue weighted by molar-refractivity contribution is -0.119. The Kier molecular flexibility index (Phi) is 7.42. The fourth-order valence-electron chi connectivity index (χ4n) is 5.20. The molecule has 0 aliphatic heterocycles. The van der Waals surface area contributed by atoms with Gasteiger partial charge in [-0.3, -0.25) is 23.6 Å². The number of rotatable bonds is 11. The Bertz CT molecular complexity index is 1350. The van der Waals surface area contributed by atoms with Gasteiger partial charge in [-0.05, 0) is 75.5 Å². The van der Waals surface area contributed by atoms with E-state index in [1.54, 1.807) is 38.3 Å². The minimum absolute atomic E-state index is 0.00110. The normalized spacial score (nSPS) is 16.9. The molecule has 0 aromatic carbocycles. The maximum atomic E-state index is 15.0. The average molecular weight is 542 g/mol. The van der Waals surface area contributed by atoms with E-state index in [1.807, 2.05) is 0 Å². The maximum absolute atomic E-state index is 15.0. The van der Waals surface area contributed by atoms with Crippen molar-refractivity contribution in [3.05, 3.63) is 47.4 Å². The number of anilines is 1. The van der Waals surface area contributed by atoms with Crippen LogP contribution in [0.15, 0.2) is 24.4 Å². The average Bonchev–Trinajstić information content (AvgIpc) is 3.80.